The number of nitrogens with one attached hydrogen (secondary N) is 1. The summed E-state index contributed by atoms with van der Waals surface area (Å²) in [7, 11) is 1.39. The second-order valence-corrected chi connectivity index (χ2v) is 4.37. The van der Waals surface area contributed by atoms with Crippen LogP contribution in [0.3, 0.4) is 0 Å². The third-order valence-corrected chi connectivity index (χ3v) is 3.00. The molecule has 5 nitrogen and oxygen atoms in total. The number of carbonyl (C=O) groups is 1. The van der Waals surface area contributed by atoms with Crippen LogP contribution in [0.5, 0.6) is 11.5 Å². The first-order valence-electron chi connectivity index (χ1n) is 6.43. The number of benzene rings is 1. The molecule has 1 aliphatic heterocycles. The molecule has 2 rings (SSSR count). The van der Waals surface area contributed by atoms with Crippen molar-refractivity contribution in [2.75, 3.05) is 20.3 Å². The van der Waals surface area contributed by atoms with E-state index in [4.69, 9.17) is 14.2 Å². The smallest absolute Gasteiger partial charge is 0.323 e. The molecule has 0 unspecified atom stereocenters. The van der Waals surface area contributed by atoms with Gasteiger partial charge >= 0.3 is 5.97 Å². The number of carbonyl (C=O) groups excluding carboxylic acids is 1. The molecule has 0 amide bonds. The van der Waals surface area contributed by atoms with Crippen molar-refractivity contribution < 1.29 is 19.0 Å². The maximum absolute atomic E-state index is 11.4. The summed E-state index contributed by atoms with van der Waals surface area (Å²) in [5.74, 6) is 1.30. The molecule has 0 bridgehead atoms. The van der Waals surface area contributed by atoms with Gasteiger partial charge in [-0.3, -0.25) is 4.79 Å². The first kappa shape index (κ1) is 16.6. The Kier molecular flexibility index (Phi) is 6.61. The van der Waals surface area contributed by atoms with E-state index in [1.807, 2.05) is 31.2 Å². The summed E-state index contributed by atoms with van der Waals surface area (Å²) < 4.78 is 16.0. The highest BCUT2D eigenvalue weighted by Crippen LogP contribution is 2.22. The van der Waals surface area contributed by atoms with E-state index in [9.17, 15) is 4.79 Å². The average Bonchev–Trinajstić information content (AvgIpc) is 2.87. The highest BCUT2D eigenvalue weighted by Gasteiger charge is 2.31. The molecule has 0 saturated carbocycles. The van der Waals surface area contributed by atoms with Crippen molar-refractivity contribution in [3.05, 3.63) is 24.3 Å². The van der Waals surface area contributed by atoms with Crippen LogP contribution in [0.1, 0.15) is 13.3 Å². The number of methoxy groups -OCH3 is 1. The van der Waals surface area contributed by atoms with Crippen LogP contribution in [0.25, 0.3) is 0 Å². The Morgan fingerprint density at radius 3 is 2.85 bits per heavy atom. The first-order valence-corrected chi connectivity index (χ1v) is 6.43. The largest absolute Gasteiger partial charge is 0.494 e. The molecule has 20 heavy (non-hydrogen) atoms. The monoisotopic (exact) mass is 301 g/mol. The van der Waals surface area contributed by atoms with Crippen molar-refractivity contribution in [1.29, 1.82) is 0 Å². The molecular weight excluding hydrogens is 282 g/mol. The second kappa shape index (κ2) is 7.97. The number of ether oxygens (including phenoxy) is 3. The molecule has 6 heteroatoms. The Morgan fingerprint density at radius 1 is 1.40 bits per heavy atom. The van der Waals surface area contributed by atoms with Crippen molar-refractivity contribution >= 4 is 18.4 Å². The van der Waals surface area contributed by atoms with Crippen molar-refractivity contribution in [2.45, 2.75) is 25.5 Å². The highest BCUT2D eigenvalue weighted by atomic mass is 35.5. The molecule has 1 fully saturated rings. The number of hydrogen-bond acceptors (Lipinski definition) is 5. The molecule has 0 aliphatic carbocycles. The summed E-state index contributed by atoms with van der Waals surface area (Å²) in [5.41, 5.74) is 0. The van der Waals surface area contributed by atoms with Gasteiger partial charge in [0.15, 0.2) is 0 Å². The zero-order valence-electron chi connectivity index (χ0n) is 11.6. The van der Waals surface area contributed by atoms with E-state index in [0.29, 0.717) is 19.6 Å². The predicted octanol–water partition coefficient (Wildman–Crippen LogP) is 1.79. The van der Waals surface area contributed by atoms with Crippen LogP contribution in [0.4, 0.5) is 0 Å². The lowest BCUT2D eigenvalue weighted by Gasteiger charge is -2.13. The molecule has 1 aromatic carbocycles. The maximum atomic E-state index is 11.4. The molecular formula is C14H20ClNO4. The molecule has 2 atom stereocenters. The van der Waals surface area contributed by atoms with E-state index in [-0.39, 0.29) is 30.5 Å². The molecule has 0 radical (unpaired) electrons. The van der Waals surface area contributed by atoms with Crippen LogP contribution < -0.4 is 14.8 Å². The fourth-order valence-corrected chi connectivity index (χ4v) is 2.11. The van der Waals surface area contributed by atoms with Crippen LogP contribution in [0.2, 0.25) is 0 Å². The Morgan fingerprint density at radius 2 is 2.15 bits per heavy atom. The van der Waals surface area contributed by atoms with Gasteiger partial charge in [-0.1, -0.05) is 6.07 Å². The van der Waals surface area contributed by atoms with E-state index in [0.717, 1.165) is 11.5 Å². The Balaban J connectivity index is 0.00000200. The van der Waals surface area contributed by atoms with Crippen molar-refractivity contribution in [3.63, 3.8) is 0 Å². The second-order valence-electron chi connectivity index (χ2n) is 4.37. The fourth-order valence-electron chi connectivity index (χ4n) is 2.11. The SMILES string of the molecule is CCOc1cccc(O[C@@H]2CN[C@H](C(=O)OC)C2)c1.Cl. The van der Waals surface area contributed by atoms with Gasteiger partial charge in [0.1, 0.15) is 23.6 Å². The average molecular weight is 302 g/mol. The minimum absolute atomic E-state index is 0. The summed E-state index contributed by atoms with van der Waals surface area (Å²) in [4.78, 5) is 11.4. The van der Waals surface area contributed by atoms with E-state index in [1.54, 1.807) is 0 Å². The Hall–Kier alpha value is -1.46. The van der Waals surface area contributed by atoms with E-state index >= 15 is 0 Å². The van der Waals surface area contributed by atoms with Crippen LogP contribution in [0, 0.1) is 0 Å². The van der Waals surface area contributed by atoms with Gasteiger partial charge in [-0.15, -0.1) is 12.4 Å². The third-order valence-electron chi connectivity index (χ3n) is 3.00. The molecule has 1 aromatic rings. The summed E-state index contributed by atoms with van der Waals surface area (Å²) in [6, 6.07) is 7.24. The van der Waals surface area contributed by atoms with Crippen LogP contribution in [-0.2, 0) is 9.53 Å². The van der Waals surface area contributed by atoms with Gasteiger partial charge in [-0.05, 0) is 19.1 Å². The van der Waals surface area contributed by atoms with Gasteiger partial charge in [0.25, 0.3) is 0 Å². The molecule has 0 spiro atoms. The van der Waals surface area contributed by atoms with Crippen LogP contribution >= 0.6 is 12.4 Å². The number of esters is 1. The Bertz CT molecular complexity index is 441. The summed E-state index contributed by atoms with van der Waals surface area (Å²) in [6.45, 7) is 3.20. The van der Waals surface area contributed by atoms with Crippen LogP contribution in [0.15, 0.2) is 24.3 Å². The minimum Gasteiger partial charge on any atom is -0.494 e. The lowest BCUT2D eigenvalue weighted by Crippen LogP contribution is -2.31. The van der Waals surface area contributed by atoms with Crippen molar-refractivity contribution in [1.82, 2.24) is 5.32 Å². The highest BCUT2D eigenvalue weighted by molar-refractivity contribution is 5.85. The quantitative estimate of drug-likeness (QED) is 0.840. The zero-order chi connectivity index (χ0) is 13.7. The van der Waals surface area contributed by atoms with Gasteiger partial charge in [0.2, 0.25) is 0 Å². The number of halogens is 1. The van der Waals surface area contributed by atoms with Gasteiger partial charge in [0.05, 0.1) is 13.7 Å². The lowest BCUT2D eigenvalue weighted by molar-refractivity contribution is -0.142. The molecule has 1 N–H and O–H groups in total. The fraction of sp³-hybridized carbons (Fsp3) is 0.500. The van der Waals surface area contributed by atoms with Gasteiger partial charge in [-0.25, -0.2) is 0 Å². The topological polar surface area (TPSA) is 56.8 Å². The summed E-state index contributed by atoms with van der Waals surface area (Å²) in [6.07, 6.45) is 0.590. The van der Waals surface area contributed by atoms with Crippen LogP contribution in [-0.4, -0.2) is 38.4 Å². The molecule has 0 aromatic heterocycles. The first-order chi connectivity index (χ1) is 9.22. The molecule has 1 aliphatic rings. The molecule has 1 heterocycles. The van der Waals surface area contributed by atoms with Crippen molar-refractivity contribution in [3.8, 4) is 11.5 Å². The van der Waals surface area contributed by atoms with Gasteiger partial charge in [0, 0.05) is 19.0 Å². The van der Waals surface area contributed by atoms with Gasteiger partial charge < -0.3 is 19.5 Å². The number of hydrogen-bond donors (Lipinski definition) is 1. The third kappa shape index (κ3) is 4.28. The van der Waals surface area contributed by atoms with Crippen molar-refractivity contribution in [2.24, 2.45) is 0 Å². The molecule has 112 valence electrons. The normalized spacial score (nSPS) is 20.9. The van der Waals surface area contributed by atoms with Gasteiger partial charge in [-0.2, -0.15) is 0 Å². The van der Waals surface area contributed by atoms with E-state index in [1.165, 1.54) is 7.11 Å². The molecule has 1 saturated heterocycles. The number of rotatable bonds is 5. The summed E-state index contributed by atoms with van der Waals surface area (Å²) >= 11 is 0. The predicted molar refractivity (Wildman–Crippen MR) is 77.7 cm³/mol. The maximum Gasteiger partial charge on any atom is 0.323 e. The standard InChI is InChI=1S/C14H19NO4.ClH/c1-3-18-10-5-4-6-11(7-10)19-12-8-13(15-9-12)14(16)17-2;/h4-7,12-13,15H,3,8-9H2,1-2H3;1H/t12-,13-;/m0./s1. The van der Waals surface area contributed by atoms with E-state index in [2.05, 4.69) is 5.32 Å². The zero-order valence-corrected chi connectivity index (χ0v) is 12.4. The Labute approximate surface area is 125 Å². The summed E-state index contributed by atoms with van der Waals surface area (Å²) in [5, 5.41) is 3.09. The van der Waals surface area contributed by atoms with E-state index < -0.39 is 0 Å². The lowest BCUT2D eigenvalue weighted by atomic mass is 10.2. The minimum atomic E-state index is -0.273.